The van der Waals surface area contributed by atoms with Gasteiger partial charge in [-0.05, 0) is 50.2 Å². The smallest absolute Gasteiger partial charge is 0.347 e. The van der Waals surface area contributed by atoms with Crippen LogP contribution in [0.5, 0.6) is 5.75 Å². The molecule has 2 rings (SSSR count). The van der Waals surface area contributed by atoms with E-state index in [1.807, 2.05) is 31.2 Å². The molecule has 0 aromatic heterocycles. The van der Waals surface area contributed by atoms with Crippen LogP contribution in [-0.4, -0.2) is 38.3 Å². The van der Waals surface area contributed by atoms with Crippen molar-refractivity contribution in [3.05, 3.63) is 59.7 Å². The number of hydrogen-bond donors (Lipinski definition) is 1. The Morgan fingerprint density at radius 3 is 2.27 bits per heavy atom. The second-order valence-electron chi connectivity index (χ2n) is 5.76. The molecule has 0 heterocycles. The van der Waals surface area contributed by atoms with Crippen LogP contribution in [0.2, 0.25) is 0 Å². The summed E-state index contributed by atoms with van der Waals surface area (Å²) in [5.74, 6) is -0.205. The lowest BCUT2D eigenvalue weighted by Gasteiger charge is -2.14. The monoisotopic (exact) mass is 357 g/mol. The molecule has 138 valence electrons. The maximum Gasteiger partial charge on any atom is 0.347 e. The van der Waals surface area contributed by atoms with Gasteiger partial charge in [-0.2, -0.15) is 0 Å². The normalized spacial score (nSPS) is 11.5. The van der Waals surface area contributed by atoms with Gasteiger partial charge in [-0.15, -0.1) is 0 Å². The predicted molar refractivity (Wildman–Crippen MR) is 98.5 cm³/mol. The van der Waals surface area contributed by atoms with Gasteiger partial charge >= 0.3 is 5.97 Å². The standard InChI is InChI=1S/C20H23NO5/c1-14-4-8-17(9-5-14)21-19(22)16-6-10-18(11-7-16)26-15(2)20(23)25-13-12-24-3/h4-11,15H,12-13H2,1-3H3,(H,21,22). The topological polar surface area (TPSA) is 73.9 Å². The first-order valence-corrected chi connectivity index (χ1v) is 8.30. The summed E-state index contributed by atoms with van der Waals surface area (Å²) in [6.45, 7) is 4.11. The van der Waals surface area contributed by atoms with E-state index in [0.29, 0.717) is 17.9 Å². The minimum atomic E-state index is -0.751. The molecule has 2 aromatic rings. The zero-order valence-electron chi connectivity index (χ0n) is 15.2. The van der Waals surface area contributed by atoms with Crippen molar-refractivity contribution in [2.24, 2.45) is 0 Å². The number of rotatable bonds is 8. The van der Waals surface area contributed by atoms with Crippen molar-refractivity contribution in [1.82, 2.24) is 0 Å². The van der Waals surface area contributed by atoms with Crippen LogP contribution in [0.4, 0.5) is 5.69 Å². The third kappa shape index (κ3) is 5.89. The van der Waals surface area contributed by atoms with E-state index in [2.05, 4.69) is 5.32 Å². The number of ether oxygens (including phenoxy) is 3. The fourth-order valence-electron chi connectivity index (χ4n) is 2.12. The summed E-state index contributed by atoms with van der Waals surface area (Å²) in [6, 6.07) is 14.1. The van der Waals surface area contributed by atoms with E-state index < -0.39 is 12.1 Å². The number of esters is 1. The maximum absolute atomic E-state index is 12.2. The first-order chi connectivity index (χ1) is 12.5. The second-order valence-corrected chi connectivity index (χ2v) is 5.76. The first-order valence-electron chi connectivity index (χ1n) is 8.30. The average molecular weight is 357 g/mol. The zero-order valence-corrected chi connectivity index (χ0v) is 15.2. The van der Waals surface area contributed by atoms with E-state index in [4.69, 9.17) is 14.2 Å². The summed E-state index contributed by atoms with van der Waals surface area (Å²) < 4.78 is 15.3. The van der Waals surface area contributed by atoms with Gasteiger partial charge in [-0.25, -0.2) is 4.79 Å². The Bertz CT molecular complexity index is 725. The SMILES string of the molecule is COCCOC(=O)C(C)Oc1ccc(C(=O)Nc2ccc(C)cc2)cc1. The Hall–Kier alpha value is -2.86. The molecule has 26 heavy (non-hydrogen) atoms. The largest absolute Gasteiger partial charge is 0.479 e. The van der Waals surface area contributed by atoms with Gasteiger partial charge in [0.1, 0.15) is 12.4 Å². The molecule has 6 nitrogen and oxygen atoms in total. The van der Waals surface area contributed by atoms with Crippen molar-refractivity contribution in [1.29, 1.82) is 0 Å². The fraction of sp³-hybridized carbons (Fsp3) is 0.300. The average Bonchev–Trinajstić information content (AvgIpc) is 2.64. The highest BCUT2D eigenvalue weighted by Gasteiger charge is 2.16. The van der Waals surface area contributed by atoms with E-state index >= 15 is 0 Å². The Labute approximate surface area is 153 Å². The lowest BCUT2D eigenvalue weighted by molar-refractivity contribution is -0.152. The summed E-state index contributed by atoms with van der Waals surface area (Å²) in [5, 5.41) is 2.83. The summed E-state index contributed by atoms with van der Waals surface area (Å²) in [5.41, 5.74) is 2.35. The number of benzene rings is 2. The number of amides is 1. The zero-order chi connectivity index (χ0) is 18.9. The molecule has 0 aliphatic heterocycles. The Kier molecular flexibility index (Phi) is 7.17. The van der Waals surface area contributed by atoms with Crippen LogP contribution >= 0.6 is 0 Å². The Balaban J connectivity index is 1.89. The summed E-state index contributed by atoms with van der Waals surface area (Å²) in [4.78, 5) is 24.0. The number of methoxy groups -OCH3 is 1. The maximum atomic E-state index is 12.2. The van der Waals surface area contributed by atoms with E-state index in [1.165, 1.54) is 7.11 Å². The van der Waals surface area contributed by atoms with E-state index in [0.717, 1.165) is 11.3 Å². The molecule has 0 spiro atoms. The van der Waals surface area contributed by atoms with Crippen LogP contribution in [0.25, 0.3) is 0 Å². The molecule has 0 bridgehead atoms. The molecule has 2 aromatic carbocycles. The minimum absolute atomic E-state index is 0.182. The van der Waals surface area contributed by atoms with E-state index in [-0.39, 0.29) is 12.5 Å². The number of carbonyl (C=O) groups excluding carboxylic acids is 2. The van der Waals surface area contributed by atoms with Gasteiger partial charge in [0.2, 0.25) is 0 Å². The Morgan fingerprint density at radius 1 is 1.00 bits per heavy atom. The molecule has 0 saturated carbocycles. The van der Waals surface area contributed by atoms with Crippen LogP contribution in [0.15, 0.2) is 48.5 Å². The third-order valence-corrected chi connectivity index (χ3v) is 3.60. The first kappa shape index (κ1) is 19.5. The van der Waals surface area contributed by atoms with Crippen molar-refractivity contribution in [3.8, 4) is 5.75 Å². The summed E-state index contributed by atoms with van der Waals surface area (Å²) in [7, 11) is 1.53. The highest BCUT2D eigenvalue weighted by Crippen LogP contribution is 2.16. The lowest BCUT2D eigenvalue weighted by Crippen LogP contribution is -2.27. The van der Waals surface area contributed by atoms with Gasteiger partial charge in [-0.3, -0.25) is 4.79 Å². The van der Waals surface area contributed by atoms with Crippen molar-refractivity contribution in [3.63, 3.8) is 0 Å². The molecule has 1 atom stereocenters. The molecule has 6 heteroatoms. The number of carbonyl (C=O) groups is 2. The fourth-order valence-corrected chi connectivity index (χ4v) is 2.12. The van der Waals surface area contributed by atoms with E-state index in [1.54, 1.807) is 31.2 Å². The van der Waals surface area contributed by atoms with Gasteiger partial charge in [0.25, 0.3) is 5.91 Å². The molecule has 0 fully saturated rings. The van der Waals surface area contributed by atoms with Gasteiger partial charge in [0.05, 0.1) is 6.61 Å². The molecule has 0 radical (unpaired) electrons. The Morgan fingerprint density at radius 2 is 1.65 bits per heavy atom. The highest BCUT2D eigenvalue weighted by atomic mass is 16.6. The van der Waals surface area contributed by atoms with E-state index in [9.17, 15) is 9.59 Å². The predicted octanol–water partition coefficient (Wildman–Crippen LogP) is 3.20. The van der Waals surface area contributed by atoms with Gasteiger partial charge in [-0.1, -0.05) is 17.7 Å². The number of hydrogen-bond acceptors (Lipinski definition) is 5. The molecule has 0 aliphatic rings. The van der Waals surface area contributed by atoms with Crippen molar-refractivity contribution in [2.45, 2.75) is 20.0 Å². The van der Waals surface area contributed by atoms with Crippen LogP contribution in [0.3, 0.4) is 0 Å². The molecule has 0 aliphatic carbocycles. The van der Waals surface area contributed by atoms with Crippen LogP contribution in [0, 0.1) is 6.92 Å². The number of anilines is 1. The van der Waals surface area contributed by atoms with Gasteiger partial charge in [0, 0.05) is 18.4 Å². The summed E-state index contributed by atoms with van der Waals surface area (Å²) in [6.07, 6.45) is -0.751. The van der Waals surface area contributed by atoms with Crippen LogP contribution in [-0.2, 0) is 14.3 Å². The molecule has 1 amide bonds. The lowest BCUT2D eigenvalue weighted by atomic mass is 10.2. The van der Waals surface area contributed by atoms with Crippen LogP contribution in [0.1, 0.15) is 22.8 Å². The summed E-state index contributed by atoms with van der Waals surface area (Å²) >= 11 is 0. The van der Waals surface area contributed by atoms with Gasteiger partial charge < -0.3 is 19.5 Å². The minimum Gasteiger partial charge on any atom is -0.479 e. The van der Waals surface area contributed by atoms with Crippen molar-refractivity contribution in [2.75, 3.05) is 25.6 Å². The van der Waals surface area contributed by atoms with Gasteiger partial charge in [0.15, 0.2) is 6.10 Å². The molecular formula is C20H23NO5. The molecule has 1 N–H and O–H groups in total. The van der Waals surface area contributed by atoms with Crippen LogP contribution < -0.4 is 10.1 Å². The second kappa shape index (κ2) is 9.58. The third-order valence-electron chi connectivity index (χ3n) is 3.60. The van der Waals surface area contributed by atoms with Crippen molar-refractivity contribution < 1.29 is 23.8 Å². The quantitative estimate of drug-likeness (QED) is 0.580. The molecule has 1 unspecified atom stereocenters. The number of nitrogens with one attached hydrogen (secondary N) is 1. The van der Waals surface area contributed by atoms with Crippen molar-refractivity contribution >= 4 is 17.6 Å². The molecular weight excluding hydrogens is 334 g/mol. The highest BCUT2D eigenvalue weighted by molar-refractivity contribution is 6.04. The molecule has 0 saturated heterocycles. The number of aryl methyl sites for hydroxylation is 1.